The van der Waals surface area contributed by atoms with Crippen molar-refractivity contribution in [3.63, 3.8) is 0 Å². The molecule has 1 rings (SSSR count). The molecule has 0 bridgehead atoms. The van der Waals surface area contributed by atoms with Crippen LogP contribution in [-0.4, -0.2) is 10.5 Å². The summed E-state index contributed by atoms with van der Waals surface area (Å²) in [5, 5.41) is 10.3. The average Bonchev–Trinajstić information content (AvgIpc) is 3.21. The molecule has 0 aliphatic carbocycles. The summed E-state index contributed by atoms with van der Waals surface area (Å²) >= 11 is 0. The maximum Gasteiger partial charge on any atom is 0.243 e. The van der Waals surface area contributed by atoms with E-state index in [1.807, 2.05) is 6.92 Å². The summed E-state index contributed by atoms with van der Waals surface area (Å²) in [7, 11) is 0. The Bertz CT molecular complexity index is 509. The highest BCUT2D eigenvalue weighted by Crippen LogP contribution is 2.15. The molecule has 0 aliphatic heterocycles. The third kappa shape index (κ3) is 14.4. The number of carbonyl (C=O) groups is 1. The van der Waals surface area contributed by atoms with Gasteiger partial charge >= 0.3 is 0 Å². The van der Waals surface area contributed by atoms with Gasteiger partial charge < -0.3 is 9.90 Å². The van der Waals surface area contributed by atoms with Crippen LogP contribution in [0.2, 0.25) is 0 Å². The summed E-state index contributed by atoms with van der Waals surface area (Å²) in [6, 6.07) is 0. The van der Waals surface area contributed by atoms with Crippen molar-refractivity contribution in [2.75, 3.05) is 0 Å². The van der Waals surface area contributed by atoms with E-state index < -0.39 is 5.97 Å². The molecule has 0 aliphatic rings. The largest absolute Gasteiger partial charge is 0.550 e. The first-order valence-corrected chi connectivity index (χ1v) is 13.2. The van der Waals surface area contributed by atoms with E-state index in [0.717, 1.165) is 31.1 Å². The van der Waals surface area contributed by atoms with Crippen molar-refractivity contribution in [2.45, 2.75) is 132 Å². The number of imidazole rings is 1. The second kappa shape index (κ2) is 19.4. The summed E-state index contributed by atoms with van der Waals surface area (Å²) in [5.74, 6) is 0.566. The minimum absolute atomic E-state index is 0.222. The molecule has 1 heterocycles. The topological polar surface area (TPSA) is 48.9 Å². The van der Waals surface area contributed by atoms with Crippen LogP contribution in [0.15, 0.2) is 18.7 Å². The lowest BCUT2D eigenvalue weighted by atomic mass is 9.99. The molecule has 4 nitrogen and oxygen atoms in total. The first kappa shape index (κ1) is 29.7. The third-order valence-corrected chi connectivity index (χ3v) is 6.50. The zero-order valence-corrected chi connectivity index (χ0v) is 21.6. The van der Waals surface area contributed by atoms with Crippen molar-refractivity contribution in [1.29, 1.82) is 0 Å². The van der Waals surface area contributed by atoms with Crippen molar-refractivity contribution in [3.05, 3.63) is 18.7 Å². The third-order valence-electron chi connectivity index (χ3n) is 6.50. The van der Waals surface area contributed by atoms with Crippen LogP contribution in [-0.2, 0) is 17.9 Å². The number of rotatable bonds is 17. The summed E-state index contributed by atoms with van der Waals surface area (Å²) in [4.78, 5) is 10.3. The van der Waals surface area contributed by atoms with Gasteiger partial charge in [0.25, 0.3) is 0 Å². The van der Waals surface area contributed by atoms with Gasteiger partial charge in [-0.05, 0) is 56.3 Å². The Labute approximate surface area is 193 Å². The minimum Gasteiger partial charge on any atom is -0.550 e. The first-order valence-electron chi connectivity index (χ1n) is 13.2. The highest BCUT2D eigenvalue weighted by atomic mass is 16.4. The van der Waals surface area contributed by atoms with Gasteiger partial charge in [-0.15, -0.1) is 0 Å². The lowest BCUT2D eigenvalue weighted by Gasteiger charge is -2.14. The smallest absolute Gasteiger partial charge is 0.243 e. The summed E-state index contributed by atoms with van der Waals surface area (Å²) in [6.07, 6.45) is 21.1. The molecule has 0 saturated heterocycles. The molecular formula is C27H52N2O2. The van der Waals surface area contributed by atoms with E-state index in [2.05, 4.69) is 62.5 Å². The zero-order chi connectivity index (χ0) is 23.5. The normalized spacial score (nSPS) is 13.9. The number of aromatic nitrogens is 2. The van der Waals surface area contributed by atoms with E-state index >= 15 is 0 Å². The van der Waals surface area contributed by atoms with Gasteiger partial charge in [-0.3, -0.25) is 0 Å². The fourth-order valence-electron chi connectivity index (χ4n) is 4.02. The molecule has 0 aromatic carbocycles. The number of carboxylic acid groups (broad SMARTS) is 1. The maximum atomic E-state index is 10.3. The number of aliphatic carboxylic acids is 1. The molecular weight excluding hydrogens is 384 g/mol. The zero-order valence-electron chi connectivity index (χ0n) is 21.6. The Hall–Kier alpha value is -1.32. The molecule has 0 saturated carbocycles. The van der Waals surface area contributed by atoms with Crippen LogP contribution >= 0.6 is 0 Å². The van der Waals surface area contributed by atoms with E-state index in [0.29, 0.717) is 6.42 Å². The van der Waals surface area contributed by atoms with Crippen LogP contribution in [0.25, 0.3) is 0 Å². The fourth-order valence-corrected chi connectivity index (χ4v) is 4.02. The second-order valence-corrected chi connectivity index (χ2v) is 9.21. The van der Waals surface area contributed by atoms with Crippen LogP contribution in [0.5, 0.6) is 0 Å². The lowest BCUT2D eigenvalue weighted by molar-refractivity contribution is -0.703. The van der Waals surface area contributed by atoms with Gasteiger partial charge in [-0.2, -0.15) is 0 Å². The maximum absolute atomic E-state index is 10.3. The fraction of sp³-hybridized carbons (Fsp3) is 0.852. The van der Waals surface area contributed by atoms with Crippen LogP contribution in [0, 0.1) is 17.8 Å². The summed E-state index contributed by atoms with van der Waals surface area (Å²) in [5.41, 5.74) is 0. The highest BCUT2D eigenvalue weighted by Gasteiger charge is 2.14. The molecule has 182 valence electrons. The molecule has 0 spiro atoms. The lowest BCUT2D eigenvalue weighted by Crippen LogP contribution is -2.35. The average molecular weight is 437 g/mol. The predicted molar refractivity (Wildman–Crippen MR) is 130 cm³/mol. The Morgan fingerprint density at radius 1 is 0.839 bits per heavy atom. The highest BCUT2D eigenvalue weighted by molar-refractivity contribution is 5.67. The van der Waals surface area contributed by atoms with E-state index in [1.165, 1.54) is 64.5 Å². The van der Waals surface area contributed by atoms with Crippen LogP contribution in [0.1, 0.15) is 119 Å². The van der Waals surface area contributed by atoms with Gasteiger partial charge in [0.05, 0.1) is 13.1 Å². The molecule has 3 unspecified atom stereocenters. The van der Waals surface area contributed by atoms with E-state index in [9.17, 15) is 9.90 Å². The van der Waals surface area contributed by atoms with Gasteiger partial charge in [0.2, 0.25) is 6.33 Å². The van der Waals surface area contributed by atoms with Crippen molar-refractivity contribution >= 4 is 5.97 Å². The number of carbonyl (C=O) groups excluding carboxylic acids is 1. The number of hydrogen-bond acceptors (Lipinski definition) is 2. The molecule has 0 fully saturated rings. The molecule has 1 aromatic heterocycles. The predicted octanol–water partition coefficient (Wildman–Crippen LogP) is 6.16. The molecule has 1 aromatic rings. The molecule has 0 N–H and O–H groups in total. The van der Waals surface area contributed by atoms with Crippen LogP contribution in [0.4, 0.5) is 0 Å². The van der Waals surface area contributed by atoms with E-state index in [-0.39, 0.29) is 5.92 Å². The van der Waals surface area contributed by atoms with Crippen molar-refractivity contribution < 1.29 is 14.5 Å². The first-order chi connectivity index (χ1) is 14.9. The molecule has 31 heavy (non-hydrogen) atoms. The number of hydrogen-bond donors (Lipinski definition) is 0. The van der Waals surface area contributed by atoms with Crippen LogP contribution in [0.3, 0.4) is 0 Å². The van der Waals surface area contributed by atoms with Crippen molar-refractivity contribution in [1.82, 2.24) is 4.57 Å². The SMILES string of the molecule is CCCCC(CC)C(=O)[O-].CCCCC(CC)Cn1cc[n+](CC(CC)CCCC)c1. The Morgan fingerprint density at radius 2 is 1.39 bits per heavy atom. The summed E-state index contributed by atoms with van der Waals surface area (Å²) in [6.45, 7) is 15.6. The minimum atomic E-state index is -0.893. The molecule has 0 amide bonds. The number of unbranched alkanes of at least 4 members (excludes halogenated alkanes) is 3. The summed E-state index contributed by atoms with van der Waals surface area (Å²) < 4.78 is 4.80. The van der Waals surface area contributed by atoms with Crippen molar-refractivity contribution in [2.24, 2.45) is 17.8 Å². The van der Waals surface area contributed by atoms with Gasteiger partial charge in [-0.1, -0.05) is 80.1 Å². The van der Waals surface area contributed by atoms with Crippen molar-refractivity contribution in [3.8, 4) is 0 Å². The monoisotopic (exact) mass is 436 g/mol. The number of nitrogens with zero attached hydrogens (tertiary/aromatic N) is 2. The Morgan fingerprint density at radius 3 is 1.87 bits per heavy atom. The number of carboxylic acids is 1. The quantitative estimate of drug-likeness (QED) is 0.275. The van der Waals surface area contributed by atoms with E-state index in [1.54, 1.807) is 0 Å². The second-order valence-electron chi connectivity index (χ2n) is 9.21. The van der Waals surface area contributed by atoms with Gasteiger partial charge in [0.15, 0.2) is 0 Å². The Kier molecular flexibility index (Phi) is 18.5. The van der Waals surface area contributed by atoms with Gasteiger partial charge in [-0.25, -0.2) is 9.13 Å². The molecule has 0 radical (unpaired) electrons. The van der Waals surface area contributed by atoms with E-state index in [4.69, 9.17) is 0 Å². The molecule has 3 atom stereocenters. The van der Waals surface area contributed by atoms with Gasteiger partial charge in [0.1, 0.15) is 12.4 Å². The van der Waals surface area contributed by atoms with Crippen LogP contribution < -0.4 is 9.67 Å². The standard InChI is InChI=1S/C19H37N2.C8H16O2/c1-5-9-11-18(7-3)15-20-13-14-21(17-20)16-19(8-4)12-10-6-2;1-3-5-6-7(4-2)8(9)10/h13-14,17-19H,5-12,15-16H2,1-4H3;7H,3-6H2,1-2H3,(H,9,10)/q+1;/p-1. The molecule has 4 heteroatoms. The Balaban J connectivity index is 0.000000759. The van der Waals surface area contributed by atoms with Gasteiger partial charge in [0, 0.05) is 5.97 Å².